The minimum Gasteiger partial charge on any atom is -0.824 e. The standard InChI is InChI=1S/C36H67O2PS2.Zn/c1-3-5-7-9-11-13-15-17-19-21-23-25-27-29-34-31-32-36(41-39(37,38)40)35(33-34)30-28-26-24-22-20-18-16-14-12-10-8-6-4-2;/h31-33H,3-30H2,1-2H3,(H2,37,38,40);/q;+2/p-2. The van der Waals surface area contributed by atoms with Crippen molar-refractivity contribution >= 4 is 28.9 Å². The van der Waals surface area contributed by atoms with E-state index in [0.29, 0.717) is 0 Å². The van der Waals surface area contributed by atoms with Gasteiger partial charge < -0.3 is 9.79 Å². The van der Waals surface area contributed by atoms with Gasteiger partial charge in [0.15, 0.2) is 0 Å². The molecule has 0 heterocycles. The molecule has 0 aromatic heterocycles. The Kier molecular flexibility index (Phi) is 31.0. The molecule has 0 fully saturated rings. The summed E-state index contributed by atoms with van der Waals surface area (Å²) >= 11 is 5.61. The molecule has 0 N–H and O–H groups in total. The molecule has 0 atom stereocenters. The van der Waals surface area contributed by atoms with E-state index in [9.17, 15) is 9.79 Å². The van der Waals surface area contributed by atoms with E-state index in [-0.39, 0.29) is 19.5 Å². The first kappa shape index (κ1) is 42.8. The van der Waals surface area contributed by atoms with Gasteiger partial charge in [0.25, 0.3) is 0 Å². The average Bonchev–Trinajstić information content (AvgIpc) is 2.94. The molecule has 6 heteroatoms. The summed E-state index contributed by atoms with van der Waals surface area (Å²) < 4.78 is 0. The van der Waals surface area contributed by atoms with Gasteiger partial charge in [-0.3, -0.25) is 0 Å². The Balaban J connectivity index is 0.0000168. The van der Waals surface area contributed by atoms with E-state index in [0.717, 1.165) is 35.5 Å². The molecule has 0 radical (unpaired) electrons. The summed E-state index contributed by atoms with van der Waals surface area (Å²) in [5.74, 6) is 0. The maximum atomic E-state index is 11.8. The van der Waals surface area contributed by atoms with E-state index in [4.69, 9.17) is 11.8 Å². The van der Waals surface area contributed by atoms with Crippen molar-refractivity contribution in [2.45, 2.75) is 199 Å². The molecule has 2 nitrogen and oxygen atoms in total. The van der Waals surface area contributed by atoms with Crippen LogP contribution in [0.15, 0.2) is 23.1 Å². The Morgan fingerprint density at radius 1 is 0.524 bits per heavy atom. The number of unbranched alkanes of at least 4 members (excludes halogenated alkanes) is 24. The van der Waals surface area contributed by atoms with Gasteiger partial charge in [-0.05, 0) is 42.9 Å². The number of hydrogen-bond acceptors (Lipinski definition) is 4. The van der Waals surface area contributed by atoms with Gasteiger partial charge in [-0.2, -0.15) is 5.69 Å². The van der Waals surface area contributed by atoms with Crippen molar-refractivity contribution in [1.29, 1.82) is 0 Å². The Morgan fingerprint density at radius 3 is 1.21 bits per heavy atom. The molecule has 0 aliphatic heterocycles. The van der Waals surface area contributed by atoms with Crippen LogP contribution in [0.5, 0.6) is 0 Å². The van der Waals surface area contributed by atoms with Crippen LogP contribution < -0.4 is 9.79 Å². The molecule has 0 amide bonds. The fraction of sp³-hybridized carbons (Fsp3) is 0.833. The Bertz CT molecular complexity index is 771. The number of hydrogen-bond donors (Lipinski definition) is 0. The monoisotopic (exact) mass is 688 g/mol. The molecule has 0 aliphatic carbocycles. The summed E-state index contributed by atoms with van der Waals surface area (Å²) in [6.45, 7) is 4.56. The van der Waals surface area contributed by atoms with Gasteiger partial charge in [0.1, 0.15) is 0 Å². The molecule has 0 spiro atoms. The first-order chi connectivity index (χ1) is 20.0. The summed E-state index contributed by atoms with van der Waals surface area (Å²) in [5.41, 5.74) is -1.26. The van der Waals surface area contributed by atoms with Crippen LogP contribution >= 0.6 is 17.1 Å². The van der Waals surface area contributed by atoms with E-state index in [2.05, 4.69) is 26.0 Å². The van der Waals surface area contributed by atoms with Gasteiger partial charge in [0, 0.05) is 4.90 Å². The summed E-state index contributed by atoms with van der Waals surface area (Å²) in [4.78, 5) is 24.5. The van der Waals surface area contributed by atoms with Crippen LogP contribution in [0.25, 0.3) is 0 Å². The largest absolute Gasteiger partial charge is 2.00 e. The maximum Gasteiger partial charge on any atom is 2.00 e. The fourth-order valence-corrected chi connectivity index (χ4v) is 8.50. The van der Waals surface area contributed by atoms with Crippen LogP contribution in [0, 0.1) is 0 Å². The molecule has 1 rings (SSSR count). The molecule has 0 aliphatic rings. The molecule has 1 aromatic rings. The van der Waals surface area contributed by atoms with Crippen molar-refractivity contribution in [3.05, 3.63) is 29.3 Å². The van der Waals surface area contributed by atoms with Crippen molar-refractivity contribution in [2.75, 3.05) is 0 Å². The third kappa shape index (κ3) is 27.1. The normalized spacial score (nSPS) is 11.6. The molecular weight excluding hydrogens is 625 g/mol. The summed E-state index contributed by atoms with van der Waals surface area (Å²) in [6.07, 6.45) is 37.4. The number of aryl methyl sites for hydroxylation is 2. The first-order valence-corrected chi connectivity index (χ1v) is 21.9. The van der Waals surface area contributed by atoms with Gasteiger partial charge in [0.2, 0.25) is 0 Å². The van der Waals surface area contributed by atoms with E-state index in [1.807, 2.05) is 6.07 Å². The molecule has 0 saturated heterocycles. The van der Waals surface area contributed by atoms with Crippen molar-refractivity contribution < 1.29 is 29.3 Å². The maximum absolute atomic E-state index is 11.8. The predicted octanol–water partition coefficient (Wildman–Crippen LogP) is 12.0. The quantitative estimate of drug-likeness (QED) is 0.0458. The smallest absolute Gasteiger partial charge is 0.824 e. The second-order valence-corrected chi connectivity index (χ2v) is 18.1. The number of benzene rings is 1. The first-order valence-electron chi connectivity index (χ1n) is 17.8. The van der Waals surface area contributed by atoms with Crippen molar-refractivity contribution in [3.8, 4) is 0 Å². The zero-order chi connectivity index (χ0) is 29.9. The predicted molar refractivity (Wildman–Crippen MR) is 185 cm³/mol. The van der Waals surface area contributed by atoms with Gasteiger partial charge >= 0.3 is 19.5 Å². The Hall–Kier alpha value is 0.763. The Morgan fingerprint density at radius 2 is 0.857 bits per heavy atom. The minimum absolute atomic E-state index is 0. The summed E-state index contributed by atoms with van der Waals surface area (Å²) in [6, 6.07) is 6.41. The van der Waals surface area contributed by atoms with Crippen molar-refractivity contribution in [3.63, 3.8) is 0 Å². The molecule has 240 valence electrons. The second-order valence-electron chi connectivity index (χ2n) is 12.5. The zero-order valence-corrected chi connectivity index (χ0v) is 33.3. The minimum atomic E-state index is -3.80. The van der Waals surface area contributed by atoms with Gasteiger partial charge in [0.05, 0.1) is 0 Å². The van der Waals surface area contributed by atoms with E-state index < -0.39 is 5.69 Å². The van der Waals surface area contributed by atoms with E-state index >= 15 is 0 Å². The van der Waals surface area contributed by atoms with E-state index in [1.54, 1.807) is 0 Å². The third-order valence-corrected chi connectivity index (χ3v) is 11.2. The average molecular weight is 690 g/mol. The molecular formula is C36H65O2PS2Zn. The van der Waals surface area contributed by atoms with Gasteiger partial charge in [-0.25, -0.2) is 0 Å². The topological polar surface area (TPSA) is 46.1 Å². The van der Waals surface area contributed by atoms with E-state index in [1.165, 1.54) is 172 Å². The third-order valence-electron chi connectivity index (χ3n) is 8.45. The second kappa shape index (κ2) is 30.4. The van der Waals surface area contributed by atoms with Crippen LogP contribution in [-0.4, -0.2) is 0 Å². The van der Waals surface area contributed by atoms with Crippen LogP contribution in [0.4, 0.5) is 0 Å². The summed E-state index contributed by atoms with van der Waals surface area (Å²) in [7, 11) is 0. The van der Waals surface area contributed by atoms with Crippen molar-refractivity contribution in [2.24, 2.45) is 0 Å². The van der Waals surface area contributed by atoms with Crippen LogP contribution in [0.2, 0.25) is 0 Å². The molecule has 1 aromatic carbocycles. The molecule has 0 unspecified atom stereocenters. The molecule has 0 saturated carbocycles. The van der Waals surface area contributed by atoms with Crippen LogP contribution in [0.3, 0.4) is 0 Å². The fourth-order valence-electron chi connectivity index (χ4n) is 5.87. The molecule has 0 bridgehead atoms. The Labute approximate surface area is 284 Å². The SMILES string of the molecule is CCCCCCCCCCCCCCCc1ccc(SP([O-])([O-])=S)c(CCCCCCCCCCCCCCC)c1.[Zn+2]. The van der Waals surface area contributed by atoms with Crippen LogP contribution in [-0.2, 0) is 44.1 Å². The van der Waals surface area contributed by atoms with Crippen molar-refractivity contribution in [1.82, 2.24) is 0 Å². The summed E-state index contributed by atoms with van der Waals surface area (Å²) in [5, 5.41) is 0. The molecule has 42 heavy (non-hydrogen) atoms. The van der Waals surface area contributed by atoms with Gasteiger partial charge in [-0.15, -0.1) is 23.2 Å². The van der Waals surface area contributed by atoms with Gasteiger partial charge in [-0.1, -0.05) is 180 Å². The van der Waals surface area contributed by atoms with Crippen LogP contribution in [0.1, 0.15) is 192 Å². The number of rotatable bonds is 30. The zero-order valence-electron chi connectivity index (χ0n) is 27.8.